The number of amides is 1. The topological polar surface area (TPSA) is 136 Å². The van der Waals surface area contributed by atoms with Gasteiger partial charge in [-0.05, 0) is 31.5 Å². The molecule has 2 aromatic carbocycles. The van der Waals surface area contributed by atoms with Crippen molar-refractivity contribution in [2.45, 2.75) is 26.3 Å². The zero-order valence-electron chi connectivity index (χ0n) is 17.3. The minimum Gasteiger partial charge on any atom is -0.462 e. The van der Waals surface area contributed by atoms with Crippen LogP contribution in [0.2, 0.25) is 0 Å². The van der Waals surface area contributed by atoms with E-state index >= 15 is 0 Å². The molecule has 166 valence electrons. The molecule has 0 unspecified atom stereocenters. The molecule has 0 fully saturated rings. The molecule has 0 saturated carbocycles. The Kier molecular flexibility index (Phi) is 7.70. The van der Waals surface area contributed by atoms with Crippen LogP contribution < -0.4 is 9.62 Å². The van der Waals surface area contributed by atoms with Gasteiger partial charge in [0, 0.05) is 12.1 Å². The third-order valence-corrected chi connectivity index (χ3v) is 5.48. The Morgan fingerprint density at radius 2 is 1.84 bits per heavy atom. The summed E-state index contributed by atoms with van der Waals surface area (Å²) in [5.74, 6) is -1.33. The number of rotatable bonds is 9. The van der Waals surface area contributed by atoms with Gasteiger partial charge in [-0.2, -0.15) is 0 Å². The van der Waals surface area contributed by atoms with Gasteiger partial charge in [-0.1, -0.05) is 25.1 Å². The number of para-hydroxylation sites is 1. The molecule has 0 saturated heterocycles. The van der Waals surface area contributed by atoms with Gasteiger partial charge in [-0.3, -0.25) is 19.2 Å². The molecule has 0 bridgehead atoms. The molecule has 10 nitrogen and oxygen atoms in total. The van der Waals surface area contributed by atoms with Crippen molar-refractivity contribution in [2.75, 3.05) is 22.5 Å². The lowest BCUT2D eigenvalue weighted by molar-refractivity contribution is -0.384. The number of hydrogen-bond donors (Lipinski definition) is 1. The Labute approximate surface area is 180 Å². The van der Waals surface area contributed by atoms with E-state index in [4.69, 9.17) is 4.74 Å². The molecule has 0 aliphatic carbocycles. The Balaban J connectivity index is 2.45. The van der Waals surface area contributed by atoms with Crippen molar-refractivity contribution in [3.63, 3.8) is 0 Å². The van der Waals surface area contributed by atoms with E-state index in [0.717, 1.165) is 16.6 Å². The summed E-state index contributed by atoms with van der Waals surface area (Å²) in [6, 6.07) is 9.98. The number of nitro benzene ring substituents is 1. The fourth-order valence-corrected chi connectivity index (χ4v) is 4.20. The van der Waals surface area contributed by atoms with Gasteiger partial charge in [0.25, 0.3) is 5.69 Å². The minimum atomic E-state index is -3.99. The number of nitro groups is 1. The largest absolute Gasteiger partial charge is 0.462 e. The fourth-order valence-electron chi connectivity index (χ4n) is 3.00. The van der Waals surface area contributed by atoms with Gasteiger partial charge >= 0.3 is 5.97 Å². The number of anilines is 2. The molecule has 1 atom stereocenters. The molecule has 0 spiro atoms. The fraction of sp³-hybridized carbons (Fsp3) is 0.300. The Bertz CT molecular complexity index is 1090. The average Bonchev–Trinajstić information content (AvgIpc) is 2.71. The number of benzene rings is 2. The second kappa shape index (κ2) is 10.0. The second-order valence-corrected chi connectivity index (χ2v) is 8.37. The number of carbonyl (C=O) groups excluding carboxylic acids is 2. The lowest BCUT2D eigenvalue weighted by Gasteiger charge is -2.30. The number of esters is 1. The van der Waals surface area contributed by atoms with Gasteiger partial charge in [-0.15, -0.1) is 0 Å². The first-order valence-corrected chi connectivity index (χ1v) is 11.3. The number of nitrogens with zero attached hydrogens (tertiary/aromatic N) is 2. The second-order valence-electron chi connectivity index (χ2n) is 6.52. The van der Waals surface area contributed by atoms with Crippen LogP contribution in [0.5, 0.6) is 0 Å². The van der Waals surface area contributed by atoms with E-state index in [9.17, 15) is 28.1 Å². The average molecular weight is 449 g/mol. The van der Waals surface area contributed by atoms with Crippen LogP contribution in [0.15, 0.2) is 48.5 Å². The van der Waals surface area contributed by atoms with Gasteiger partial charge in [0.1, 0.15) is 6.04 Å². The van der Waals surface area contributed by atoms with E-state index in [0.29, 0.717) is 0 Å². The van der Waals surface area contributed by atoms with E-state index in [1.165, 1.54) is 30.3 Å². The van der Waals surface area contributed by atoms with E-state index in [1.807, 2.05) is 0 Å². The third kappa shape index (κ3) is 5.79. The highest BCUT2D eigenvalue weighted by molar-refractivity contribution is 7.92. The lowest BCUT2D eigenvalue weighted by atomic mass is 10.1. The number of ether oxygens (including phenoxy) is 1. The summed E-state index contributed by atoms with van der Waals surface area (Å²) in [6.45, 7) is 3.40. The van der Waals surface area contributed by atoms with Crippen molar-refractivity contribution in [1.29, 1.82) is 0 Å². The van der Waals surface area contributed by atoms with Crippen LogP contribution in [-0.4, -0.2) is 44.1 Å². The van der Waals surface area contributed by atoms with E-state index in [2.05, 4.69) is 5.32 Å². The molecule has 31 heavy (non-hydrogen) atoms. The van der Waals surface area contributed by atoms with Gasteiger partial charge in [0.15, 0.2) is 0 Å². The van der Waals surface area contributed by atoms with E-state index < -0.39 is 32.9 Å². The van der Waals surface area contributed by atoms with E-state index in [1.54, 1.807) is 26.0 Å². The zero-order valence-corrected chi connectivity index (χ0v) is 18.1. The SMILES string of the molecule is CCOC(=O)c1ccccc1NC(=O)[C@H](CC)N(c1cccc([N+](=O)[O-])c1)S(C)(=O)=O. The Hall–Kier alpha value is -3.47. The standard InChI is InChI=1S/C20H23N3O7S/c1-4-18(19(24)21-17-12-7-6-11-16(17)20(25)30-5-2)22(31(3,28)29)14-9-8-10-15(13-14)23(26)27/h6-13,18H,4-5H2,1-3H3,(H,21,24)/t18-/m0/s1. The van der Waals surface area contributed by atoms with Crippen LogP contribution in [0.25, 0.3) is 0 Å². The molecule has 1 amide bonds. The molecular weight excluding hydrogens is 426 g/mol. The molecule has 1 N–H and O–H groups in total. The third-order valence-electron chi connectivity index (χ3n) is 4.31. The summed E-state index contributed by atoms with van der Waals surface area (Å²) in [6.07, 6.45) is 0.984. The molecule has 0 aliphatic heterocycles. The highest BCUT2D eigenvalue weighted by atomic mass is 32.2. The molecule has 2 aromatic rings. The van der Waals surface area contributed by atoms with E-state index in [-0.39, 0.29) is 35.7 Å². The predicted octanol–water partition coefficient (Wildman–Crippen LogP) is 2.95. The van der Waals surface area contributed by atoms with Crippen LogP contribution >= 0.6 is 0 Å². The van der Waals surface area contributed by atoms with Crippen molar-refractivity contribution in [1.82, 2.24) is 0 Å². The smallest absolute Gasteiger partial charge is 0.340 e. The number of carbonyl (C=O) groups is 2. The summed E-state index contributed by atoms with van der Waals surface area (Å²) in [7, 11) is -3.99. The summed E-state index contributed by atoms with van der Waals surface area (Å²) in [5, 5.41) is 13.7. The maximum absolute atomic E-state index is 13.1. The quantitative estimate of drug-likeness (QED) is 0.353. The minimum absolute atomic E-state index is 0.0163. The van der Waals surface area contributed by atoms with Crippen molar-refractivity contribution >= 4 is 39.0 Å². The normalized spacial score (nSPS) is 12.0. The molecule has 0 heterocycles. The van der Waals surface area contributed by atoms with Crippen LogP contribution in [0.3, 0.4) is 0 Å². The Morgan fingerprint density at radius 3 is 2.42 bits per heavy atom. The first-order chi connectivity index (χ1) is 14.6. The van der Waals surface area contributed by atoms with Crippen LogP contribution in [0, 0.1) is 10.1 Å². The van der Waals surface area contributed by atoms with Gasteiger partial charge in [0.2, 0.25) is 15.9 Å². The molecule has 11 heteroatoms. The maximum Gasteiger partial charge on any atom is 0.340 e. The van der Waals surface area contributed by atoms with Gasteiger partial charge in [0.05, 0.1) is 34.7 Å². The summed E-state index contributed by atoms with van der Waals surface area (Å²) in [5.41, 5.74) is -0.0443. The lowest BCUT2D eigenvalue weighted by Crippen LogP contribution is -2.47. The van der Waals surface area contributed by atoms with Crippen LogP contribution in [0.1, 0.15) is 30.6 Å². The predicted molar refractivity (Wildman–Crippen MR) is 116 cm³/mol. The number of hydrogen-bond acceptors (Lipinski definition) is 7. The number of nitrogens with one attached hydrogen (secondary N) is 1. The summed E-state index contributed by atoms with van der Waals surface area (Å²) < 4.78 is 30.9. The molecule has 0 radical (unpaired) electrons. The summed E-state index contributed by atoms with van der Waals surface area (Å²) in [4.78, 5) is 35.7. The van der Waals surface area contributed by atoms with Crippen molar-refractivity contribution in [2.24, 2.45) is 0 Å². The highest BCUT2D eigenvalue weighted by Gasteiger charge is 2.33. The van der Waals surface area contributed by atoms with Crippen molar-refractivity contribution < 1.29 is 27.7 Å². The first-order valence-electron chi connectivity index (χ1n) is 9.41. The highest BCUT2D eigenvalue weighted by Crippen LogP contribution is 2.27. The van der Waals surface area contributed by atoms with Gasteiger partial charge < -0.3 is 10.1 Å². The summed E-state index contributed by atoms with van der Waals surface area (Å²) >= 11 is 0. The zero-order chi connectivity index (χ0) is 23.2. The molecule has 0 aliphatic rings. The molecule has 0 aromatic heterocycles. The Morgan fingerprint density at radius 1 is 1.16 bits per heavy atom. The maximum atomic E-state index is 13.1. The number of sulfonamides is 1. The van der Waals surface area contributed by atoms with Crippen LogP contribution in [-0.2, 0) is 19.6 Å². The number of non-ortho nitro benzene ring substituents is 1. The van der Waals surface area contributed by atoms with Crippen molar-refractivity contribution in [3.8, 4) is 0 Å². The van der Waals surface area contributed by atoms with Gasteiger partial charge in [-0.25, -0.2) is 13.2 Å². The monoisotopic (exact) mass is 449 g/mol. The first kappa shape index (κ1) is 23.8. The molecular formula is C20H23N3O7S. The van der Waals surface area contributed by atoms with Crippen molar-refractivity contribution in [3.05, 3.63) is 64.2 Å². The molecule has 2 rings (SSSR count). The van der Waals surface area contributed by atoms with Crippen LogP contribution in [0.4, 0.5) is 17.1 Å².